The first-order valence-corrected chi connectivity index (χ1v) is 11.6. The zero-order valence-electron chi connectivity index (χ0n) is 17.2. The minimum Gasteiger partial charge on any atom is -0.360 e. The molecule has 4 rings (SSSR count). The van der Waals surface area contributed by atoms with Gasteiger partial charge in [-0.3, -0.25) is 14.6 Å². The summed E-state index contributed by atoms with van der Waals surface area (Å²) in [7, 11) is -3.70. The van der Waals surface area contributed by atoms with Crippen LogP contribution in [0.3, 0.4) is 0 Å². The zero-order valence-corrected chi connectivity index (χ0v) is 18.0. The number of aromatic amines is 1. The van der Waals surface area contributed by atoms with Crippen LogP contribution in [0.1, 0.15) is 35.7 Å². The molecule has 162 valence electrons. The van der Waals surface area contributed by atoms with E-state index < -0.39 is 21.4 Å². The molecule has 1 fully saturated rings. The van der Waals surface area contributed by atoms with Crippen LogP contribution in [-0.2, 0) is 16.6 Å². The second-order valence-corrected chi connectivity index (χ2v) is 9.81. The van der Waals surface area contributed by atoms with Gasteiger partial charge in [-0.1, -0.05) is 13.0 Å². The number of hydrogen-bond donors (Lipinski definition) is 2. The molecule has 1 amide bonds. The predicted molar refractivity (Wildman–Crippen MR) is 117 cm³/mol. The van der Waals surface area contributed by atoms with Gasteiger partial charge in [0.25, 0.3) is 5.91 Å². The fourth-order valence-electron chi connectivity index (χ4n) is 3.68. The number of hydrogen-bond acceptors (Lipinski definition) is 5. The third kappa shape index (κ3) is 4.38. The summed E-state index contributed by atoms with van der Waals surface area (Å²) in [5.74, 6) is -0.0380. The van der Waals surface area contributed by atoms with Crippen molar-refractivity contribution in [3.05, 3.63) is 70.3 Å². The Morgan fingerprint density at radius 1 is 1.26 bits per heavy atom. The van der Waals surface area contributed by atoms with Gasteiger partial charge in [-0.15, -0.1) is 0 Å². The lowest BCUT2D eigenvalue weighted by Gasteiger charge is -2.29. The van der Waals surface area contributed by atoms with Crippen molar-refractivity contribution in [2.75, 3.05) is 13.1 Å². The molecule has 0 aliphatic carbocycles. The highest BCUT2D eigenvalue weighted by Gasteiger charge is 2.28. The Morgan fingerprint density at radius 3 is 2.74 bits per heavy atom. The minimum atomic E-state index is -3.70. The SMILES string of the molecule is CC1CCN(S(=O)(=O)c2ccc3[nH]cc(C(=O)NCc4cccnc4)c(=O)c3c2)CC1. The molecule has 0 radical (unpaired) electrons. The van der Waals surface area contributed by atoms with Gasteiger partial charge >= 0.3 is 0 Å². The third-order valence-electron chi connectivity index (χ3n) is 5.65. The number of aromatic nitrogens is 2. The molecule has 1 aromatic carbocycles. The summed E-state index contributed by atoms with van der Waals surface area (Å²) >= 11 is 0. The molecule has 0 bridgehead atoms. The number of nitrogens with zero attached hydrogens (tertiary/aromatic N) is 2. The van der Waals surface area contributed by atoms with E-state index in [-0.39, 0.29) is 22.4 Å². The second-order valence-electron chi connectivity index (χ2n) is 7.87. The van der Waals surface area contributed by atoms with Crippen LogP contribution in [0.25, 0.3) is 10.9 Å². The summed E-state index contributed by atoms with van der Waals surface area (Å²) in [4.78, 5) is 32.5. The van der Waals surface area contributed by atoms with E-state index in [1.165, 1.54) is 22.6 Å². The van der Waals surface area contributed by atoms with Gasteiger partial charge in [0, 0.05) is 49.1 Å². The van der Waals surface area contributed by atoms with Gasteiger partial charge in [0.15, 0.2) is 0 Å². The summed E-state index contributed by atoms with van der Waals surface area (Å²) in [6.07, 6.45) is 6.24. The van der Waals surface area contributed by atoms with Crippen molar-refractivity contribution >= 4 is 26.8 Å². The summed E-state index contributed by atoms with van der Waals surface area (Å²) in [6.45, 7) is 3.27. The van der Waals surface area contributed by atoms with Crippen LogP contribution in [0, 0.1) is 5.92 Å². The number of nitrogens with one attached hydrogen (secondary N) is 2. The first-order chi connectivity index (χ1) is 14.9. The molecule has 1 aliphatic heterocycles. The molecular weight excluding hydrogens is 416 g/mol. The molecule has 2 N–H and O–H groups in total. The van der Waals surface area contributed by atoms with Crippen LogP contribution < -0.4 is 10.7 Å². The smallest absolute Gasteiger partial charge is 0.257 e. The van der Waals surface area contributed by atoms with Gasteiger partial charge in [0.1, 0.15) is 5.56 Å². The van der Waals surface area contributed by atoms with Crippen LogP contribution in [0.15, 0.2) is 58.6 Å². The summed E-state index contributed by atoms with van der Waals surface area (Å²) in [5.41, 5.74) is 0.691. The summed E-state index contributed by atoms with van der Waals surface area (Å²) in [5, 5.41) is 2.86. The Bertz CT molecular complexity index is 1260. The molecule has 1 saturated heterocycles. The zero-order chi connectivity index (χ0) is 22.0. The Balaban J connectivity index is 1.62. The molecule has 0 unspecified atom stereocenters. The lowest BCUT2D eigenvalue weighted by atomic mass is 10.0. The van der Waals surface area contributed by atoms with E-state index in [1.807, 2.05) is 6.07 Å². The first-order valence-electron chi connectivity index (χ1n) is 10.2. The van der Waals surface area contributed by atoms with E-state index in [2.05, 4.69) is 22.2 Å². The van der Waals surface area contributed by atoms with Crippen molar-refractivity contribution in [3.63, 3.8) is 0 Å². The molecule has 3 aromatic rings. The molecular formula is C22H24N4O4S. The molecule has 0 atom stereocenters. The van der Waals surface area contributed by atoms with Crippen molar-refractivity contribution < 1.29 is 13.2 Å². The van der Waals surface area contributed by atoms with Gasteiger partial charge in [-0.2, -0.15) is 4.31 Å². The molecule has 0 spiro atoms. The highest BCUT2D eigenvalue weighted by atomic mass is 32.2. The molecule has 8 nitrogen and oxygen atoms in total. The monoisotopic (exact) mass is 440 g/mol. The lowest BCUT2D eigenvalue weighted by molar-refractivity contribution is 0.0949. The van der Waals surface area contributed by atoms with E-state index >= 15 is 0 Å². The predicted octanol–water partition coefficient (Wildman–Crippen LogP) is 2.27. The van der Waals surface area contributed by atoms with Crippen LogP contribution in [0.4, 0.5) is 0 Å². The normalized spacial score (nSPS) is 15.8. The van der Waals surface area contributed by atoms with Crippen molar-refractivity contribution in [3.8, 4) is 0 Å². The highest BCUT2D eigenvalue weighted by molar-refractivity contribution is 7.89. The maximum Gasteiger partial charge on any atom is 0.257 e. The number of sulfonamides is 1. The number of benzene rings is 1. The Labute approximate surface area is 180 Å². The van der Waals surface area contributed by atoms with Crippen LogP contribution in [0.5, 0.6) is 0 Å². The molecule has 3 heterocycles. The Hall–Kier alpha value is -3.04. The number of rotatable bonds is 5. The number of carbonyl (C=O) groups excluding carboxylic acids is 1. The average molecular weight is 441 g/mol. The van der Waals surface area contributed by atoms with Gasteiger partial charge < -0.3 is 10.3 Å². The summed E-state index contributed by atoms with van der Waals surface area (Å²) < 4.78 is 27.6. The van der Waals surface area contributed by atoms with Gasteiger partial charge in [0.05, 0.1) is 4.90 Å². The van der Waals surface area contributed by atoms with Gasteiger partial charge in [-0.25, -0.2) is 8.42 Å². The first kappa shape index (κ1) is 21.2. The highest BCUT2D eigenvalue weighted by Crippen LogP contribution is 2.24. The standard InChI is InChI=1S/C22H24N4O4S/c1-15-6-9-26(10-7-15)31(29,30)17-4-5-20-18(11-17)21(27)19(14-24-20)22(28)25-13-16-3-2-8-23-12-16/h2-5,8,11-12,14-15H,6-7,9-10,13H2,1H3,(H,24,27)(H,25,28). The fourth-order valence-corrected chi connectivity index (χ4v) is 5.18. The molecule has 31 heavy (non-hydrogen) atoms. The topological polar surface area (TPSA) is 112 Å². The van der Waals surface area contributed by atoms with Crippen LogP contribution in [-0.4, -0.2) is 41.7 Å². The molecule has 2 aromatic heterocycles. The summed E-state index contributed by atoms with van der Waals surface area (Å²) in [6, 6.07) is 7.99. The van der Waals surface area contributed by atoms with E-state index in [4.69, 9.17) is 0 Å². The van der Waals surface area contributed by atoms with Crippen LogP contribution >= 0.6 is 0 Å². The number of amides is 1. The van der Waals surface area contributed by atoms with Crippen molar-refractivity contribution in [1.29, 1.82) is 0 Å². The largest absolute Gasteiger partial charge is 0.360 e. The van der Waals surface area contributed by atoms with Gasteiger partial charge in [-0.05, 0) is 48.6 Å². The third-order valence-corrected chi connectivity index (χ3v) is 7.55. The Morgan fingerprint density at radius 2 is 2.03 bits per heavy atom. The van der Waals surface area contributed by atoms with Crippen molar-refractivity contribution in [2.24, 2.45) is 5.92 Å². The van der Waals surface area contributed by atoms with E-state index in [9.17, 15) is 18.0 Å². The number of carbonyl (C=O) groups is 1. The lowest BCUT2D eigenvalue weighted by Crippen LogP contribution is -2.37. The van der Waals surface area contributed by atoms with E-state index in [0.717, 1.165) is 18.4 Å². The van der Waals surface area contributed by atoms with E-state index in [1.54, 1.807) is 24.5 Å². The average Bonchev–Trinajstić information content (AvgIpc) is 2.78. The molecule has 9 heteroatoms. The number of piperidine rings is 1. The van der Waals surface area contributed by atoms with Crippen molar-refractivity contribution in [1.82, 2.24) is 19.6 Å². The number of pyridine rings is 2. The maximum absolute atomic E-state index is 13.1. The number of H-pyrrole nitrogens is 1. The van der Waals surface area contributed by atoms with Gasteiger partial charge in [0.2, 0.25) is 15.5 Å². The minimum absolute atomic E-state index is 0.0629. The maximum atomic E-state index is 13.1. The Kier molecular flexibility index (Phi) is 5.88. The second kappa shape index (κ2) is 8.60. The fraction of sp³-hybridized carbons (Fsp3) is 0.318. The quantitative estimate of drug-likeness (QED) is 0.632. The number of fused-ring (bicyclic) bond motifs is 1. The molecule has 0 saturated carbocycles. The molecule has 1 aliphatic rings. The van der Waals surface area contributed by atoms with Crippen molar-refractivity contribution in [2.45, 2.75) is 31.2 Å². The van der Waals surface area contributed by atoms with E-state index in [0.29, 0.717) is 24.5 Å². The van der Waals surface area contributed by atoms with Crippen LogP contribution in [0.2, 0.25) is 0 Å².